The zero-order valence-corrected chi connectivity index (χ0v) is 12.6. The Kier molecular flexibility index (Phi) is 4.32. The highest BCUT2D eigenvalue weighted by Gasteiger charge is 2.17. The zero-order chi connectivity index (χ0) is 16.5. The number of halogens is 3. The molecular weight excluding hydrogens is 317 g/mol. The first-order chi connectivity index (χ1) is 10.2. The SMILES string of the molecule is Cc1ccc(Nc2c(NS(C)(=O)=O)ccc(F)c2F)c(F)c1. The molecule has 2 aromatic rings. The Balaban J connectivity index is 2.50. The Hall–Kier alpha value is -2.22. The Morgan fingerprint density at radius 1 is 0.955 bits per heavy atom. The molecule has 2 rings (SSSR count). The molecule has 0 aliphatic heterocycles. The van der Waals surface area contributed by atoms with Crippen molar-refractivity contribution < 1.29 is 21.6 Å². The van der Waals surface area contributed by atoms with Crippen LogP contribution in [0.1, 0.15) is 5.56 Å². The summed E-state index contributed by atoms with van der Waals surface area (Å²) in [6, 6.07) is 5.96. The average molecular weight is 330 g/mol. The second-order valence-corrected chi connectivity index (χ2v) is 6.51. The van der Waals surface area contributed by atoms with E-state index in [0.29, 0.717) is 5.56 Å². The third-order valence-corrected chi connectivity index (χ3v) is 3.37. The molecule has 0 aliphatic carbocycles. The number of nitrogens with one attached hydrogen (secondary N) is 2. The molecule has 118 valence electrons. The van der Waals surface area contributed by atoms with Crippen LogP contribution in [-0.4, -0.2) is 14.7 Å². The molecule has 0 unspecified atom stereocenters. The Bertz CT molecular complexity index is 823. The van der Waals surface area contributed by atoms with E-state index in [-0.39, 0.29) is 11.4 Å². The van der Waals surface area contributed by atoms with E-state index in [1.807, 2.05) is 4.72 Å². The van der Waals surface area contributed by atoms with Crippen LogP contribution < -0.4 is 10.0 Å². The molecule has 2 aromatic carbocycles. The van der Waals surface area contributed by atoms with Gasteiger partial charge in [-0.25, -0.2) is 21.6 Å². The minimum Gasteiger partial charge on any atom is -0.349 e. The molecule has 0 aromatic heterocycles. The molecule has 0 heterocycles. The van der Waals surface area contributed by atoms with Gasteiger partial charge in [-0.2, -0.15) is 0 Å². The van der Waals surface area contributed by atoms with Crippen LogP contribution in [0, 0.1) is 24.4 Å². The minimum absolute atomic E-state index is 0.105. The largest absolute Gasteiger partial charge is 0.349 e. The van der Waals surface area contributed by atoms with E-state index in [0.717, 1.165) is 18.4 Å². The molecule has 0 saturated carbocycles. The molecule has 0 spiro atoms. The van der Waals surface area contributed by atoms with E-state index in [4.69, 9.17) is 0 Å². The Morgan fingerprint density at radius 2 is 1.59 bits per heavy atom. The van der Waals surface area contributed by atoms with Gasteiger partial charge in [0.15, 0.2) is 11.6 Å². The minimum atomic E-state index is -3.71. The number of aryl methyl sites for hydroxylation is 1. The van der Waals surface area contributed by atoms with Gasteiger partial charge in [-0.05, 0) is 36.8 Å². The molecular formula is C14H13F3N2O2S. The summed E-state index contributed by atoms with van der Waals surface area (Å²) < 4.78 is 65.8. The van der Waals surface area contributed by atoms with Crippen LogP contribution in [0.5, 0.6) is 0 Å². The fourth-order valence-electron chi connectivity index (χ4n) is 1.81. The maximum atomic E-state index is 13.9. The molecule has 0 atom stereocenters. The molecule has 0 amide bonds. The van der Waals surface area contributed by atoms with Crippen LogP contribution in [0.4, 0.5) is 30.2 Å². The average Bonchev–Trinajstić information content (AvgIpc) is 2.39. The quantitative estimate of drug-likeness (QED) is 0.902. The maximum absolute atomic E-state index is 13.9. The van der Waals surface area contributed by atoms with Crippen LogP contribution >= 0.6 is 0 Å². The second-order valence-electron chi connectivity index (χ2n) is 4.77. The van der Waals surface area contributed by atoms with Gasteiger partial charge in [-0.1, -0.05) is 6.07 Å². The monoisotopic (exact) mass is 330 g/mol. The maximum Gasteiger partial charge on any atom is 0.229 e. The molecule has 0 aliphatic rings. The lowest BCUT2D eigenvalue weighted by molar-refractivity contribution is 0.512. The van der Waals surface area contributed by atoms with Crippen molar-refractivity contribution in [3.8, 4) is 0 Å². The van der Waals surface area contributed by atoms with Gasteiger partial charge in [0.05, 0.1) is 17.6 Å². The predicted octanol–water partition coefficient (Wildman–Crippen LogP) is 3.53. The van der Waals surface area contributed by atoms with E-state index in [2.05, 4.69) is 5.32 Å². The first-order valence-electron chi connectivity index (χ1n) is 6.16. The number of hydrogen-bond acceptors (Lipinski definition) is 3. The van der Waals surface area contributed by atoms with Crippen molar-refractivity contribution in [1.29, 1.82) is 0 Å². The zero-order valence-electron chi connectivity index (χ0n) is 11.7. The van der Waals surface area contributed by atoms with Crippen molar-refractivity contribution in [1.82, 2.24) is 0 Å². The molecule has 0 bridgehead atoms. The fourth-order valence-corrected chi connectivity index (χ4v) is 2.38. The lowest BCUT2D eigenvalue weighted by Crippen LogP contribution is -2.12. The summed E-state index contributed by atoms with van der Waals surface area (Å²) in [5, 5.41) is 2.38. The molecule has 22 heavy (non-hydrogen) atoms. The third kappa shape index (κ3) is 3.70. The first kappa shape index (κ1) is 16.2. The van der Waals surface area contributed by atoms with Gasteiger partial charge >= 0.3 is 0 Å². The summed E-state index contributed by atoms with van der Waals surface area (Å²) >= 11 is 0. The number of anilines is 3. The summed E-state index contributed by atoms with van der Waals surface area (Å²) in [5.74, 6) is -3.17. The summed E-state index contributed by atoms with van der Waals surface area (Å²) in [4.78, 5) is 0. The molecule has 8 heteroatoms. The highest BCUT2D eigenvalue weighted by molar-refractivity contribution is 7.92. The normalized spacial score (nSPS) is 11.3. The van der Waals surface area contributed by atoms with Gasteiger partial charge in [0.25, 0.3) is 0 Å². The van der Waals surface area contributed by atoms with E-state index in [1.54, 1.807) is 13.0 Å². The highest BCUT2D eigenvalue weighted by atomic mass is 32.2. The van der Waals surface area contributed by atoms with Crippen LogP contribution in [0.2, 0.25) is 0 Å². The lowest BCUT2D eigenvalue weighted by Gasteiger charge is -2.15. The Morgan fingerprint density at radius 3 is 2.18 bits per heavy atom. The molecule has 0 saturated heterocycles. The van der Waals surface area contributed by atoms with Crippen LogP contribution in [0.25, 0.3) is 0 Å². The van der Waals surface area contributed by atoms with Crippen molar-refractivity contribution in [2.75, 3.05) is 16.3 Å². The summed E-state index contributed by atoms with van der Waals surface area (Å²) in [7, 11) is -3.71. The van der Waals surface area contributed by atoms with Gasteiger partial charge in [0.1, 0.15) is 11.5 Å². The summed E-state index contributed by atoms with van der Waals surface area (Å²) in [5.41, 5.74) is -0.168. The van der Waals surface area contributed by atoms with E-state index >= 15 is 0 Å². The number of rotatable bonds is 4. The van der Waals surface area contributed by atoms with Crippen molar-refractivity contribution in [2.45, 2.75) is 6.92 Å². The van der Waals surface area contributed by atoms with E-state index < -0.39 is 33.2 Å². The Labute approximate surface area is 126 Å². The summed E-state index contributed by atoms with van der Waals surface area (Å²) in [6.45, 7) is 1.67. The topological polar surface area (TPSA) is 58.2 Å². The van der Waals surface area contributed by atoms with Crippen molar-refractivity contribution in [3.05, 3.63) is 53.3 Å². The second kappa shape index (κ2) is 5.88. The van der Waals surface area contributed by atoms with Gasteiger partial charge in [0, 0.05) is 0 Å². The molecule has 4 nitrogen and oxygen atoms in total. The number of hydrogen-bond donors (Lipinski definition) is 2. The van der Waals surface area contributed by atoms with E-state index in [9.17, 15) is 21.6 Å². The van der Waals surface area contributed by atoms with Crippen molar-refractivity contribution in [2.24, 2.45) is 0 Å². The molecule has 2 N–H and O–H groups in total. The van der Waals surface area contributed by atoms with Crippen LogP contribution in [-0.2, 0) is 10.0 Å². The summed E-state index contributed by atoms with van der Waals surface area (Å²) in [6.07, 6.45) is 0.866. The molecule has 0 radical (unpaired) electrons. The fraction of sp³-hybridized carbons (Fsp3) is 0.143. The van der Waals surface area contributed by atoms with Crippen LogP contribution in [0.3, 0.4) is 0 Å². The predicted molar refractivity (Wildman–Crippen MR) is 79.2 cm³/mol. The first-order valence-corrected chi connectivity index (χ1v) is 8.05. The highest BCUT2D eigenvalue weighted by Crippen LogP contribution is 2.32. The van der Waals surface area contributed by atoms with Gasteiger partial charge in [-0.3, -0.25) is 4.72 Å². The molecule has 0 fully saturated rings. The lowest BCUT2D eigenvalue weighted by atomic mass is 10.2. The van der Waals surface area contributed by atoms with Gasteiger partial charge in [-0.15, -0.1) is 0 Å². The van der Waals surface area contributed by atoms with Crippen molar-refractivity contribution >= 4 is 27.1 Å². The van der Waals surface area contributed by atoms with E-state index in [1.165, 1.54) is 12.1 Å². The standard InChI is InChI=1S/C14H13F3N2O2S/c1-8-3-5-11(10(16)7-8)18-14-12(19-22(2,20)21)6-4-9(15)13(14)17/h3-7,18-19H,1-2H3. The number of benzene rings is 2. The van der Waals surface area contributed by atoms with Crippen LogP contribution in [0.15, 0.2) is 30.3 Å². The van der Waals surface area contributed by atoms with Gasteiger partial charge < -0.3 is 5.32 Å². The third-order valence-electron chi connectivity index (χ3n) is 2.77. The van der Waals surface area contributed by atoms with Crippen molar-refractivity contribution in [3.63, 3.8) is 0 Å². The van der Waals surface area contributed by atoms with Gasteiger partial charge in [0.2, 0.25) is 10.0 Å². The smallest absolute Gasteiger partial charge is 0.229 e. The number of sulfonamides is 1.